The van der Waals surface area contributed by atoms with Crippen LogP contribution in [-0.2, 0) is 25.9 Å². The highest BCUT2D eigenvalue weighted by atomic mass is 17.2. The molecule has 3 heterocycles. The van der Waals surface area contributed by atoms with Crippen molar-refractivity contribution in [2.75, 3.05) is 26.3 Å². The van der Waals surface area contributed by atoms with Gasteiger partial charge in [-0.3, -0.25) is 0 Å². The Bertz CT molecular complexity index is 716. The highest BCUT2D eigenvalue weighted by Crippen LogP contribution is 2.29. The van der Waals surface area contributed by atoms with E-state index in [2.05, 4.69) is 0 Å². The molecule has 8 heteroatoms. The number of hydrogen-bond acceptors (Lipinski definition) is 6. The lowest BCUT2D eigenvalue weighted by molar-refractivity contribution is -0.300. The lowest BCUT2D eigenvalue weighted by atomic mass is 10.0. The van der Waals surface area contributed by atoms with Crippen LogP contribution in [0.15, 0.2) is 12.3 Å². The van der Waals surface area contributed by atoms with E-state index in [-0.39, 0.29) is 12.3 Å². The number of carbonyl (C=O) groups excluding carboxylic acids is 1. The van der Waals surface area contributed by atoms with E-state index in [0.717, 1.165) is 42.7 Å². The molecule has 8 nitrogen and oxygen atoms in total. The van der Waals surface area contributed by atoms with Crippen molar-refractivity contribution in [3.63, 3.8) is 0 Å². The van der Waals surface area contributed by atoms with Crippen molar-refractivity contribution < 1.29 is 24.0 Å². The van der Waals surface area contributed by atoms with E-state index >= 15 is 0 Å². The Balaban J connectivity index is 1.74. The van der Waals surface area contributed by atoms with Crippen LogP contribution >= 0.6 is 0 Å². The minimum absolute atomic E-state index is 0.0363. The monoisotopic (exact) mass is 407 g/mol. The minimum atomic E-state index is -0.496. The van der Waals surface area contributed by atoms with Gasteiger partial charge in [-0.2, -0.15) is 5.10 Å². The van der Waals surface area contributed by atoms with Gasteiger partial charge >= 0.3 is 6.09 Å². The van der Waals surface area contributed by atoms with E-state index in [1.807, 2.05) is 44.6 Å². The summed E-state index contributed by atoms with van der Waals surface area (Å²) >= 11 is 0. The van der Waals surface area contributed by atoms with Crippen molar-refractivity contribution in [1.29, 1.82) is 0 Å². The number of ether oxygens (including phenoxy) is 2. The van der Waals surface area contributed by atoms with Gasteiger partial charge in [0.1, 0.15) is 18.4 Å². The standard InChI is InChI=1S/C21H33N3O5/c1-5-27-28-15-17-14-24(18-8-6-7-13-26-18)22-19(17)16-9-11-23(12-10-16)20(25)29-21(2,3)4/h9,14,18H,5-8,10-13,15H2,1-4H3. The van der Waals surface area contributed by atoms with Crippen LogP contribution in [0.4, 0.5) is 4.79 Å². The second-order valence-electron chi connectivity index (χ2n) is 8.38. The number of carbonyl (C=O) groups is 1. The van der Waals surface area contributed by atoms with Gasteiger partial charge in [-0.05, 0) is 59.0 Å². The van der Waals surface area contributed by atoms with Crippen molar-refractivity contribution >= 4 is 11.7 Å². The van der Waals surface area contributed by atoms with E-state index in [9.17, 15) is 4.79 Å². The zero-order valence-electron chi connectivity index (χ0n) is 18.0. The number of aromatic nitrogens is 2. The fourth-order valence-corrected chi connectivity index (χ4v) is 3.45. The van der Waals surface area contributed by atoms with Gasteiger partial charge in [0, 0.05) is 31.5 Å². The predicted octanol–water partition coefficient (Wildman–Crippen LogP) is 4.07. The summed E-state index contributed by atoms with van der Waals surface area (Å²) < 4.78 is 13.3. The second kappa shape index (κ2) is 9.73. The van der Waals surface area contributed by atoms with Gasteiger partial charge in [0.25, 0.3) is 0 Å². The first-order chi connectivity index (χ1) is 13.9. The summed E-state index contributed by atoms with van der Waals surface area (Å²) in [5, 5.41) is 4.82. The van der Waals surface area contributed by atoms with Crippen molar-refractivity contribution in [3.05, 3.63) is 23.5 Å². The van der Waals surface area contributed by atoms with Crippen molar-refractivity contribution in [3.8, 4) is 0 Å². The normalized spacial score (nSPS) is 20.5. The molecule has 0 saturated carbocycles. The van der Waals surface area contributed by atoms with Crippen molar-refractivity contribution in [2.24, 2.45) is 0 Å². The van der Waals surface area contributed by atoms with Crippen LogP contribution in [-0.4, -0.2) is 52.7 Å². The molecule has 0 aliphatic carbocycles. The van der Waals surface area contributed by atoms with Gasteiger partial charge in [0.15, 0.2) is 0 Å². The molecule has 0 N–H and O–H groups in total. The Kier molecular flexibility index (Phi) is 7.32. The molecule has 0 aromatic carbocycles. The van der Waals surface area contributed by atoms with Gasteiger partial charge in [-0.25, -0.2) is 19.3 Å². The maximum absolute atomic E-state index is 12.3. The Labute approximate surface area is 172 Å². The van der Waals surface area contributed by atoms with Crippen LogP contribution in [0.25, 0.3) is 5.57 Å². The SMILES string of the molecule is CCOOCc1cn(C2CCCCO2)nc1C1=CCN(C(=O)OC(C)(C)C)CC1. The van der Waals surface area contributed by atoms with Gasteiger partial charge in [0.2, 0.25) is 0 Å². The molecule has 29 heavy (non-hydrogen) atoms. The maximum atomic E-state index is 12.3. The molecule has 3 rings (SSSR count). The highest BCUT2D eigenvalue weighted by molar-refractivity contribution is 5.72. The molecule has 162 valence electrons. The summed E-state index contributed by atoms with van der Waals surface area (Å²) in [7, 11) is 0. The quantitative estimate of drug-likeness (QED) is 0.402. The van der Waals surface area contributed by atoms with Crippen LogP contribution in [0.3, 0.4) is 0 Å². The molecule has 1 amide bonds. The smallest absolute Gasteiger partial charge is 0.410 e. The number of rotatable bonds is 6. The lowest BCUT2D eigenvalue weighted by Gasteiger charge is -2.29. The van der Waals surface area contributed by atoms with Gasteiger partial charge in [-0.1, -0.05) is 6.08 Å². The summed E-state index contributed by atoms with van der Waals surface area (Å²) in [6, 6.07) is 0. The Morgan fingerprint density at radius 3 is 2.76 bits per heavy atom. The van der Waals surface area contributed by atoms with Crippen LogP contribution < -0.4 is 0 Å². The van der Waals surface area contributed by atoms with Crippen LogP contribution in [0.2, 0.25) is 0 Å². The molecule has 0 bridgehead atoms. The molecule has 1 unspecified atom stereocenters. The van der Waals surface area contributed by atoms with Crippen LogP contribution in [0.5, 0.6) is 0 Å². The van der Waals surface area contributed by atoms with E-state index < -0.39 is 5.60 Å². The Morgan fingerprint density at radius 2 is 2.14 bits per heavy atom. The fraction of sp³-hybridized carbons (Fsp3) is 0.714. The number of nitrogens with zero attached hydrogens (tertiary/aromatic N) is 3. The maximum Gasteiger partial charge on any atom is 0.410 e. The zero-order chi connectivity index (χ0) is 20.9. The Hall–Kier alpha value is -1.90. The lowest BCUT2D eigenvalue weighted by Crippen LogP contribution is -2.39. The Morgan fingerprint density at radius 1 is 1.31 bits per heavy atom. The summed E-state index contributed by atoms with van der Waals surface area (Å²) in [5.74, 6) is 0. The highest BCUT2D eigenvalue weighted by Gasteiger charge is 2.26. The predicted molar refractivity (Wildman–Crippen MR) is 108 cm³/mol. The summed E-state index contributed by atoms with van der Waals surface area (Å²) in [4.78, 5) is 24.4. The molecular weight excluding hydrogens is 374 g/mol. The molecule has 0 radical (unpaired) electrons. The molecule has 1 atom stereocenters. The van der Waals surface area contributed by atoms with Gasteiger partial charge < -0.3 is 14.4 Å². The third kappa shape index (κ3) is 6.04. The van der Waals surface area contributed by atoms with Crippen molar-refractivity contribution in [1.82, 2.24) is 14.7 Å². The topological polar surface area (TPSA) is 75.1 Å². The molecular formula is C21H33N3O5. The minimum Gasteiger partial charge on any atom is -0.444 e. The average Bonchev–Trinajstić information content (AvgIpc) is 3.12. The van der Waals surface area contributed by atoms with Gasteiger partial charge in [0.05, 0.1) is 12.3 Å². The molecule has 2 aliphatic heterocycles. The van der Waals surface area contributed by atoms with Crippen LogP contribution in [0.1, 0.15) is 70.9 Å². The van der Waals surface area contributed by atoms with Crippen LogP contribution in [0, 0.1) is 0 Å². The summed E-state index contributed by atoms with van der Waals surface area (Å²) in [6.07, 6.45) is 7.62. The summed E-state index contributed by atoms with van der Waals surface area (Å²) in [5.41, 5.74) is 2.46. The largest absolute Gasteiger partial charge is 0.444 e. The molecule has 1 fully saturated rings. The summed E-state index contributed by atoms with van der Waals surface area (Å²) in [6.45, 7) is 10.2. The molecule has 1 saturated heterocycles. The van der Waals surface area contributed by atoms with Gasteiger partial charge in [-0.15, -0.1) is 0 Å². The number of hydrogen-bond donors (Lipinski definition) is 0. The molecule has 1 aromatic heterocycles. The van der Waals surface area contributed by atoms with E-state index in [1.54, 1.807) is 4.90 Å². The third-order valence-electron chi connectivity index (χ3n) is 4.84. The van der Waals surface area contributed by atoms with E-state index in [4.69, 9.17) is 24.3 Å². The fourth-order valence-electron chi connectivity index (χ4n) is 3.45. The first-order valence-electron chi connectivity index (χ1n) is 10.5. The first kappa shape index (κ1) is 21.8. The molecule has 2 aliphatic rings. The molecule has 1 aromatic rings. The van der Waals surface area contributed by atoms with Crippen molar-refractivity contribution in [2.45, 2.75) is 71.8 Å². The zero-order valence-corrected chi connectivity index (χ0v) is 18.0. The molecule has 0 spiro atoms. The second-order valence-corrected chi connectivity index (χ2v) is 8.38. The number of amides is 1. The van der Waals surface area contributed by atoms with E-state index in [1.165, 1.54) is 0 Å². The average molecular weight is 408 g/mol. The third-order valence-corrected chi connectivity index (χ3v) is 4.84. The first-order valence-corrected chi connectivity index (χ1v) is 10.5. The van der Waals surface area contributed by atoms with E-state index in [0.29, 0.717) is 32.7 Å².